The highest BCUT2D eigenvalue weighted by atomic mass is 16.7. The average Bonchev–Trinajstić information content (AvgIpc) is 2.24. The minimum atomic E-state index is -0.939. The molecule has 0 aromatic carbocycles. The van der Waals surface area contributed by atoms with Gasteiger partial charge >= 0.3 is 5.97 Å². The lowest BCUT2D eigenvalue weighted by Gasteiger charge is -2.48. The molecule has 6 nitrogen and oxygen atoms in total. The number of ether oxygens (including phenoxy) is 2. The lowest BCUT2D eigenvalue weighted by molar-refractivity contribution is -0.336. The standard InChI is InChI=1S/C12H21NO5/c1-11(2)7-17-12(3,4)18-10(11)13(8-14)6-5-9(15)16/h8,10H,5-7H2,1-4H3,(H,15,16)/t10-/m1/s1. The highest BCUT2D eigenvalue weighted by Crippen LogP contribution is 2.36. The molecule has 0 aliphatic carbocycles. The second-order valence-corrected chi connectivity index (χ2v) is 5.63. The monoisotopic (exact) mass is 259 g/mol. The van der Waals surface area contributed by atoms with Crippen LogP contribution >= 0.6 is 0 Å². The normalized spacial score (nSPS) is 25.4. The predicted octanol–water partition coefficient (Wildman–Crippen LogP) is 1.05. The first-order chi connectivity index (χ1) is 8.18. The van der Waals surface area contributed by atoms with Crippen LogP contribution in [0.25, 0.3) is 0 Å². The molecule has 1 fully saturated rings. The first-order valence-corrected chi connectivity index (χ1v) is 5.92. The van der Waals surface area contributed by atoms with Gasteiger partial charge in [-0.1, -0.05) is 13.8 Å². The number of hydrogen-bond acceptors (Lipinski definition) is 4. The zero-order valence-corrected chi connectivity index (χ0v) is 11.3. The molecule has 0 aromatic heterocycles. The molecule has 1 aliphatic rings. The molecule has 1 heterocycles. The summed E-state index contributed by atoms with van der Waals surface area (Å²) in [6, 6.07) is 0. The quantitative estimate of drug-likeness (QED) is 0.747. The van der Waals surface area contributed by atoms with E-state index in [-0.39, 0.29) is 18.4 Å². The molecule has 18 heavy (non-hydrogen) atoms. The van der Waals surface area contributed by atoms with Gasteiger partial charge in [-0.2, -0.15) is 0 Å². The summed E-state index contributed by atoms with van der Waals surface area (Å²) in [7, 11) is 0. The van der Waals surface area contributed by atoms with Crippen molar-refractivity contribution in [2.24, 2.45) is 5.41 Å². The van der Waals surface area contributed by atoms with E-state index in [4.69, 9.17) is 14.6 Å². The number of carbonyl (C=O) groups is 2. The maximum Gasteiger partial charge on any atom is 0.305 e. The smallest absolute Gasteiger partial charge is 0.305 e. The first-order valence-electron chi connectivity index (χ1n) is 5.92. The van der Waals surface area contributed by atoms with E-state index < -0.39 is 18.0 Å². The fraction of sp³-hybridized carbons (Fsp3) is 0.833. The van der Waals surface area contributed by atoms with Crippen molar-refractivity contribution in [1.82, 2.24) is 4.90 Å². The summed E-state index contributed by atoms with van der Waals surface area (Å²) in [4.78, 5) is 23.1. The Labute approximate surface area is 107 Å². The van der Waals surface area contributed by atoms with Crippen molar-refractivity contribution in [3.05, 3.63) is 0 Å². The van der Waals surface area contributed by atoms with Crippen molar-refractivity contribution in [3.8, 4) is 0 Å². The van der Waals surface area contributed by atoms with Crippen LogP contribution in [0.4, 0.5) is 0 Å². The second kappa shape index (κ2) is 5.24. The summed E-state index contributed by atoms with van der Waals surface area (Å²) >= 11 is 0. The third-order valence-corrected chi connectivity index (χ3v) is 2.88. The van der Waals surface area contributed by atoms with Gasteiger partial charge in [0.05, 0.1) is 13.0 Å². The van der Waals surface area contributed by atoms with E-state index in [2.05, 4.69) is 0 Å². The Morgan fingerprint density at radius 2 is 2.06 bits per heavy atom. The zero-order valence-electron chi connectivity index (χ0n) is 11.3. The largest absolute Gasteiger partial charge is 0.481 e. The Balaban J connectivity index is 2.79. The second-order valence-electron chi connectivity index (χ2n) is 5.63. The van der Waals surface area contributed by atoms with Crippen molar-refractivity contribution in [3.63, 3.8) is 0 Å². The SMILES string of the molecule is CC1(C)OCC(C)(C)[C@H](N(C=O)CCC(=O)O)O1. The van der Waals surface area contributed by atoms with Crippen molar-refractivity contribution in [2.45, 2.75) is 46.1 Å². The van der Waals surface area contributed by atoms with Crippen LogP contribution in [0.15, 0.2) is 0 Å². The molecule has 0 spiro atoms. The maximum atomic E-state index is 11.1. The molecule has 1 aliphatic heterocycles. The molecule has 0 bridgehead atoms. The molecule has 1 saturated heterocycles. The number of rotatable bonds is 5. The van der Waals surface area contributed by atoms with Crippen LogP contribution in [-0.4, -0.2) is 47.6 Å². The Bertz CT molecular complexity index is 326. The molecule has 0 unspecified atom stereocenters. The van der Waals surface area contributed by atoms with Crippen molar-refractivity contribution < 1.29 is 24.2 Å². The fourth-order valence-corrected chi connectivity index (χ4v) is 1.86. The van der Waals surface area contributed by atoms with Crippen molar-refractivity contribution in [2.75, 3.05) is 13.2 Å². The number of carboxylic acid groups (broad SMARTS) is 1. The van der Waals surface area contributed by atoms with Crippen LogP contribution in [0.2, 0.25) is 0 Å². The third kappa shape index (κ3) is 3.68. The lowest BCUT2D eigenvalue weighted by Crippen LogP contribution is -2.57. The van der Waals surface area contributed by atoms with E-state index in [1.165, 1.54) is 4.90 Å². The number of amides is 1. The van der Waals surface area contributed by atoms with Crippen molar-refractivity contribution in [1.29, 1.82) is 0 Å². The Hall–Kier alpha value is -1.14. The molecule has 0 radical (unpaired) electrons. The molecule has 6 heteroatoms. The molecule has 0 saturated carbocycles. The number of nitrogens with zero attached hydrogens (tertiary/aromatic N) is 1. The van der Waals surface area contributed by atoms with Crippen molar-refractivity contribution >= 4 is 12.4 Å². The Kier molecular flexibility index (Phi) is 4.34. The summed E-state index contributed by atoms with van der Waals surface area (Å²) in [5, 5.41) is 8.68. The number of carboxylic acids is 1. The summed E-state index contributed by atoms with van der Waals surface area (Å²) in [6.07, 6.45) is 0.0466. The van der Waals surface area contributed by atoms with E-state index in [0.717, 1.165) is 0 Å². The summed E-state index contributed by atoms with van der Waals surface area (Å²) in [5.74, 6) is -1.71. The lowest BCUT2D eigenvalue weighted by atomic mass is 9.89. The Morgan fingerprint density at radius 1 is 1.44 bits per heavy atom. The van der Waals surface area contributed by atoms with Gasteiger partial charge in [0, 0.05) is 12.0 Å². The average molecular weight is 259 g/mol. The van der Waals surface area contributed by atoms with Crippen LogP contribution < -0.4 is 0 Å². The molecule has 1 N–H and O–H groups in total. The fourth-order valence-electron chi connectivity index (χ4n) is 1.86. The topological polar surface area (TPSA) is 76.1 Å². The number of carbonyl (C=O) groups excluding carboxylic acids is 1. The summed E-state index contributed by atoms with van der Waals surface area (Å²) < 4.78 is 11.3. The van der Waals surface area contributed by atoms with Crippen LogP contribution in [0.5, 0.6) is 0 Å². The van der Waals surface area contributed by atoms with Gasteiger partial charge in [0.15, 0.2) is 5.79 Å². The predicted molar refractivity (Wildman–Crippen MR) is 63.7 cm³/mol. The van der Waals surface area contributed by atoms with E-state index in [9.17, 15) is 9.59 Å². The van der Waals surface area contributed by atoms with Crippen LogP contribution in [0, 0.1) is 5.41 Å². The Morgan fingerprint density at radius 3 is 2.56 bits per heavy atom. The van der Waals surface area contributed by atoms with E-state index in [0.29, 0.717) is 13.0 Å². The summed E-state index contributed by atoms with van der Waals surface area (Å²) in [6.45, 7) is 7.96. The molecule has 1 amide bonds. The van der Waals surface area contributed by atoms with Gasteiger partial charge in [-0.3, -0.25) is 9.59 Å². The van der Waals surface area contributed by atoms with E-state index >= 15 is 0 Å². The third-order valence-electron chi connectivity index (χ3n) is 2.88. The molecule has 104 valence electrons. The summed E-state index contributed by atoms with van der Waals surface area (Å²) in [5.41, 5.74) is -0.380. The van der Waals surface area contributed by atoms with E-state index in [1.54, 1.807) is 13.8 Å². The van der Waals surface area contributed by atoms with Gasteiger partial charge < -0.3 is 19.5 Å². The van der Waals surface area contributed by atoms with Crippen LogP contribution in [-0.2, 0) is 19.1 Å². The zero-order chi connectivity index (χ0) is 14.0. The van der Waals surface area contributed by atoms with E-state index in [1.807, 2.05) is 13.8 Å². The van der Waals surface area contributed by atoms with Gasteiger partial charge in [0.2, 0.25) is 6.41 Å². The van der Waals surface area contributed by atoms with Gasteiger partial charge in [0.1, 0.15) is 6.23 Å². The minimum Gasteiger partial charge on any atom is -0.481 e. The van der Waals surface area contributed by atoms with Gasteiger partial charge in [-0.25, -0.2) is 0 Å². The minimum absolute atomic E-state index is 0.101. The molecular weight excluding hydrogens is 238 g/mol. The molecule has 1 atom stereocenters. The number of hydrogen-bond donors (Lipinski definition) is 1. The molecule has 1 rings (SSSR count). The van der Waals surface area contributed by atoms with Crippen LogP contribution in [0.3, 0.4) is 0 Å². The molecular formula is C12H21NO5. The maximum absolute atomic E-state index is 11.1. The highest BCUT2D eigenvalue weighted by molar-refractivity contribution is 5.67. The highest BCUT2D eigenvalue weighted by Gasteiger charge is 2.44. The van der Waals surface area contributed by atoms with Gasteiger partial charge in [0.25, 0.3) is 0 Å². The van der Waals surface area contributed by atoms with Crippen LogP contribution in [0.1, 0.15) is 34.1 Å². The van der Waals surface area contributed by atoms with Gasteiger partial charge in [-0.15, -0.1) is 0 Å². The number of aliphatic carboxylic acids is 1. The first kappa shape index (κ1) is 14.9. The molecule has 0 aromatic rings. The van der Waals surface area contributed by atoms with Gasteiger partial charge in [-0.05, 0) is 13.8 Å².